The first-order chi connectivity index (χ1) is 11.8. The van der Waals surface area contributed by atoms with Gasteiger partial charge < -0.3 is 20.5 Å². The Balaban J connectivity index is 0.00000625. The van der Waals surface area contributed by atoms with E-state index in [9.17, 15) is 19.5 Å². The Labute approximate surface area is 159 Å². The van der Waals surface area contributed by atoms with Crippen LogP contribution in [0.25, 0.3) is 0 Å². The van der Waals surface area contributed by atoms with Crippen molar-refractivity contribution in [2.24, 2.45) is 0 Å². The number of carboxylic acid groups (broad SMARTS) is 1. The number of anilines is 2. The summed E-state index contributed by atoms with van der Waals surface area (Å²) in [5, 5.41) is 17.3. The number of halogens is 1. The van der Waals surface area contributed by atoms with E-state index in [0.717, 1.165) is 0 Å². The molecule has 8 nitrogen and oxygen atoms in total. The number of benzene rings is 1. The van der Waals surface area contributed by atoms with Crippen molar-refractivity contribution in [3.05, 3.63) is 18.2 Å². The average Bonchev–Trinajstić information content (AvgIpc) is 2.53. The van der Waals surface area contributed by atoms with Crippen LogP contribution in [0.5, 0.6) is 5.75 Å². The molecule has 2 atom stereocenters. The van der Waals surface area contributed by atoms with Gasteiger partial charge in [0.1, 0.15) is 11.8 Å². The maximum absolute atomic E-state index is 12.4. The number of amides is 2. The van der Waals surface area contributed by atoms with Gasteiger partial charge in [-0.05, 0) is 31.5 Å². The molecule has 0 aliphatic heterocycles. The van der Waals surface area contributed by atoms with Crippen LogP contribution < -0.4 is 20.7 Å². The van der Waals surface area contributed by atoms with Crippen LogP contribution in [-0.4, -0.2) is 42.1 Å². The highest BCUT2D eigenvalue weighted by molar-refractivity contribution is 5.97. The molecule has 1 rings (SSSR count). The minimum absolute atomic E-state index is 0. The summed E-state index contributed by atoms with van der Waals surface area (Å²) < 4.78 is 5.20. The second-order valence-electron chi connectivity index (χ2n) is 5.65. The minimum atomic E-state index is -0.994. The smallest absolute Gasteiger partial charge is 0.320 e. The lowest BCUT2D eigenvalue weighted by atomic mass is 10.1. The molecule has 146 valence electrons. The van der Waals surface area contributed by atoms with Crippen LogP contribution in [0.1, 0.15) is 33.6 Å². The van der Waals surface area contributed by atoms with E-state index in [1.54, 1.807) is 25.1 Å². The highest BCUT2D eigenvalue weighted by Crippen LogP contribution is 2.28. The Morgan fingerprint density at radius 2 is 1.88 bits per heavy atom. The van der Waals surface area contributed by atoms with Gasteiger partial charge in [0.25, 0.3) is 0 Å². The number of aliphatic carboxylic acids is 1. The minimum Gasteiger partial charge on any atom is -0.495 e. The predicted octanol–water partition coefficient (Wildman–Crippen LogP) is 2.25. The van der Waals surface area contributed by atoms with Crippen LogP contribution in [0.4, 0.5) is 11.4 Å². The molecular weight excluding hydrogens is 362 g/mol. The maximum atomic E-state index is 12.4. The van der Waals surface area contributed by atoms with Crippen LogP contribution >= 0.6 is 12.4 Å². The number of nitrogens with one attached hydrogen (secondary N) is 3. The van der Waals surface area contributed by atoms with Gasteiger partial charge in [0.2, 0.25) is 11.8 Å². The van der Waals surface area contributed by atoms with Gasteiger partial charge in [-0.25, -0.2) is 0 Å². The quantitative estimate of drug-likeness (QED) is 0.516. The molecule has 4 N–H and O–H groups in total. The van der Waals surface area contributed by atoms with E-state index < -0.39 is 24.0 Å². The van der Waals surface area contributed by atoms with E-state index >= 15 is 0 Å². The largest absolute Gasteiger partial charge is 0.495 e. The lowest BCUT2D eigenvalue weighted by Gasteiger charge is -2.20. The van der Waals surface area contributed by atoms with Gasteiger partial charge in [-0.1, -0.05) is 13.3 Å². The van der Waals surface area contributed by atoms with Gasteiger partial charge in [-0.15, -0.1) is 12.4 Å². The third-order valence-electron chi connectivity index (χ3n) is 3.50. The molecule has 0 fully saturated rings. The van der Waals surface area contributed by atoms with E-state index in [1.165, 1.54) is 14.0 Å². The normalized spacial score (nSPS) is 12.3. The van der Waals surface area contributed by atoms with Crippen molar-refractivity contribution in [1.82, 2.24) is 5.32 Å². The molecule has 0 saturated heterocycles. The average molecular weight is 388 g/mol. The number of carbonyl (C=O) groups is 3. The van der Waals surface area contributed by atoms with Gasteiger partial charge in [0.05, 0.1) is 18.8 Å². The molecule has 2 unspecified atom stereocenters. The van der Waals surface area contributed by atoms with Crippen molar-refractivity contribution in [1.29, 1.82) is 0 Å². The molecule has 1 aromatic carbocycles. The molecule has 2 amide bonds. The van der Waals surface area contributed by atoms with Gasteiger partial charge in [0.15, 0.2) is 0 Å². The molecule has 0 spiro atoms. The summed E-state index contributed by atoms with van der Waals surface area (Å²) in [7, 11) is 1.46. The zero-order chi connectivity index (χ0) is 19.0. The third-order valence-corrected chi connectivity index (χ3v) is 3.50. The van der Waals surface area contributed by atoms with Crippen molar-refractivity contribution < 1.29 is 24.2 Å². The lowest BCUT2D eigenvalue weighted by Crippen LogP contribution is -2.47. The van der Waals surface area contributed by atoms with Crippen LogP contribution in [0.3, 0.4) is 0 Å². The third kappa shape index (κ3) is 7.28. The van der Waals surface area contributed by atoms with E-state index in [-0.39, 0.29) is 18.3 Å². The number of hydrogen-bond donors (Lipinski definition) is 4. The number of hydrogen-bond acceptors (Lipinski definition) is 5. The van der Waals surface area contributed by atoms with E-state index in [0.29, 0.717) is 30.0 Å². The molecule has 0 heterocycles. The first-order valence-corrected chi connectivity index (χ1v) is 8.03. The maximum Gasteiger partial charge on any atom is 0.320 e. The standard InChI is InChI=1S/C17H25N3O5.ClH/c1-5-6-13(17(23)24)18-10(2)16(22)20-14-9-12(19-11(3)21)7-8-15(14)25-4;/h7-10,13,18H,5-6H2,1-4H3,(H,19,21)(H,20,22)(H,23,24);1H. The van der Waals surface area contributed by atoms with Crippen molar-refractivity contribution in [3.63, 3.8) is 0 Å². The lowest BCUT2D eigenvalue weighted by molar-refractivity contribution is -0.140. The molecule has 0 aliphatic rings. The summed E-state index contributed by atoms with van der Waals surface area (Å²) >= 11 is 0. The van der Waals surface area contributed by atoms with E-state index in [2.05, 4.69) is 16.0 Å². The summed E-state index contributed by atoms with van der Waals surface area (Å²) in [6, 6.07) is 3.33. The molecule has 9 heteroatoms. The van der Waals surface area contributed by atoms with E-state index in [1.807, 2.05) is 6.92 Å². The summed E-state index contributed by atoms with van der Waals surface area (Å²) in [5.74, 6) is -1.20. The fourth-order valence-corrected chi connectivity index (χ4v) is 2.27. The molecule has 0 bridgehead atoms. The highest BCUT2D eigenvalue weighted by Gasteiger charge is 2.23. The Hall–Kier alpha value is -2.32. The Kier molecular flexibility index (Phi) is 10.3. The molecule has 1 aromatic rings. The zero-order valence-corrected chi connectivity index (χ0v) is 16.1. The van der Waals surface area contributed by atoms with Gasteiger partial charge in [-0.3, -0.25) is 19.7 Å². The number of carbonyl (C=O) groups excluding carboxylic acids is 2. The topological polar surface area (TPSA) is 117 Å². The number of rotatable bonds is 9. The van der Waals surface area contributed by atoms with Gasteiger partial charge in [-0.2, -0.15) is 0 Å². The summed E-state index contributed by atoms with van der Waals surface area (Å²) in [6.07, 6.45) is 1.11. The molecule has 26 heavy (non-hydrogen) atoms. The fourth-order valence-electron chi connectivity index (χ4n) is 2.27. The Morgan fingerprint density at radius 3 is 2.38 bits per heavy atom. The van der Waals surface area contributed by atoms with Crippen molar-refractivity contribution in [3.8, 4) is 5.75 Å². The van der Waals surface area contributed by atoms with E-state index in [4.69, 9.17) is 4.74 Å². The highest BCUT2D eigenvalue weighted by atomic mass is 35.5. The second-order valence-corrected chi connectivity index (χ2v) is 5.65. The summed E-state index contributed by atoms with van der Waals surface area (Å²) in [6.45, 7) is 4.85. The number of methoxy groups -OCH3 is 1. The second kappa shape index (κ2) is 11.3. The summed E-state index contributed by atoms with van der Waals surface area (Å²) in [5.41, 5.74) is 0.897. The Morgan fingerprint density at radius 1 is 1.23 bits per heavy atom. The van der Waals surface area contributed by atoms with Crippen LogP contribution in [-0.2, 0) is 14.4 Å². The predicted molar refractivity (Wildman–Crippen MR) is 102 cm³/mol. The molecule has 0 aliphatic carbocycles. The van der Waals surface area contributed by atoms with Crippen LogP contribution in [0.2, 0.25) is 0 Å². The molecule has 0 saturated carbocycles. The van der Waals surface area contributed by atoms with Gasteiger partial charge >= 0.3 is 5.97 Å². The van der Waals surface area contributed by atoms with Gasteiger partial charge in [0, 0.05) is 12.6 Å². The molecular formula is C17H26ClN3O5. The first kappa shape index (κ1) is 23.7. The Bertz CT molecular complexity index is 639. The first-order valence-electron chi connectivity index (χ1n) is 8.03. The molecule has 0 aromatic heterocycles. The SMILES string of the molecule is CCCC(NC(C)C(=O)Nc1cc(NC(C)=O)ccc1OC)C(=O)O.Cl. The fraction of sp³-hybridized carbons (Fsp3) is 0.471. The van der Waals surface area contributed by atoms with Crippen molar-refractivity contribution in [2.45, 2.75) is 45.7 Å². The van der Waals surface area contributed by atoms with Crippen molar-refractivity contribution >= 4 is 41.6 Å². The van der Waals surface area contributed by atoms with Crippen molar-refractivity contribution in [2.75, 3.05) is 17.7 Å². The monoisotopic (exact) mass is 387 g/mol. The zero-order valence-electron chi connectivity index (χ0n) is 15.3. The molecule has 0 radical (unpaired) electrons. The number of carboxylic acids is 1. The van der Waals surface area contributed by atoms with Crippen LogP contribution in [0.15, 0.2) is 18.2 Å². The summed E-state index contributed by atoms with van der Waals surface area (Å²) in [4.78, 5) is 34.7. The van der Waals surface area contributed by atoms with Crippen LogP contribution in [0, 0.1) is 0 Å². The number of ether oxygens (including phenoxy) is 1.